The van der Waals surface area contributed by atoms with E-state index in [1.54, 1.807) is 25.3 Å². The standard InChI is InChI=1S/C24H31NO5/c1-6-17-7-10-19(11-8-17)24(16(2)3)25-22(26)15-30-23(27)14-18-9-12-20(28-4)21(13-18)29-5/h7-13,16,24H,6,14-15H2,1-5H3,(H,25,26)/t24-/m1/s1. The first-order chi connectivity index (χ1) is 14.4. The lowest BCUT2D eigenvalue weighted by Gasteiger charge is -2.23. The van der Waals surface area contributed by atoms with Gasteiger partial charge in [0.05, 0.1) is 26.7 Å². The molecule has 2 aromatic carbocycles. The Morgan fingerprint density at radius 1 is 0.933 bits per heavy atom. The minimum absolute atomic E-state index is 0.0414. The van der Waals surface area contributed by atoms with E-state index in [0.717, 1.165) is 12.0 Å². The molecule has 1 N–H and O–H groups in total. The molecule has 0 saturated carbocycles. The molecule has 0 fully saturated rings. The van der Waals surface area contributed by atoms with E-state index in [0.29, 0.717) is 17.1 Å². The van der Waals surface area contributed by atoms with Crippen LogP contribution < -0.4 is 14.8 Å². The smallest absolute Gasteiger partial charge is 0.310 e. The Bertz CT molecular complexity index is 845. The third-order valence-corrected chi connectivity index (χ3v) is 4.89. The Morgan fingerprint density at radius 3 is 2.13 bits per heavy atom. The van der Waals surface area contributed by atoms with Crippen molar-refractivity contribution in [2.45, 2.75) is 39.7 Å². The molecular weight excluding hydrogens is 382 g/mol. The second-order valence-electron chi connectivity index (χ2n) is 7.41. The van der Waals surface area contributed by atoms with Gasteiger partial charge in [0.15, 0.2) is 18.1 Å². The Kier molecular flexibility index (Phi) is 8.71. The summed E-state index contributed by atoms with van der Waals surface area (Å²) in [7, 11) is 3.08. The van der Waals surface area contributed by atoms with Crippen LogP contribution >= 0.6 is 0 Å². The summed E-state index contributed by atoms with van der Waals surface area (Å²) in [6.07, 6.45) is 1.01. The van der Waals surface area contributed by atoms with Gasteiger partial charge in [-0.15, -0.1) is 0 Å². The molecule has 0 spiro atoms. The first-order valence-corrected chi connectivity index (χ1v) is 10.1. The maximum atomic E-state index is 12.4. The SMILES string of the molecule is CCc1ccc([C@H](NC(=O)COC(=O)Cc2ccc(OC)c(OC)c2)C(C)C)cc1. The van der Waals surface area contributed by atoms with Crippen molar-refractivity contribution in [3.8, 4) is 11.5 Å². The zero-order valence-corrected chi connectivity index (χ0v) is 18.4. The van der Waals surface area contributed by atoms with Crippen molar-refractivity contribution in [1.82, 2.24) is 5.32 Å². The molecule has 6 nitrogen and oxygen atoms in total. The Hall–Kier alpha value is -3.02. The minimum Gasteiger partial charge on any atom is -0.493 e. The number of benzene rings is 2. The summed E-state index contributed by atoms with van der Waals surface area (Å²) in [5, 5.41) is 2.97. The molecule has 0 radical (unpaired) electrons. The fraction of sp³-hybridized carbons (Fsp3) is 0.417. The molecule has 30 heavy (non-hydrogen) atoms. The van der Waals surface area contributed by atoms with Crippen LogP contribution in [0.1, 0.15) is 43.5 Å². The fourth-order valence-corrected chi connectivity index (χ4v) is 3.17. The molecular formula is C24H31NO5. The van der Waals surface area contributed by atoms with Gasteiger partial charge in [0.1, 0.15) is 0 Å². The highest BCUT2D eigenvalue weighted by atomic mass is 16.5. The minimum atomic E-state index is -0.481. The van der Waals surface area contributed by atoms with Crippen LogP contribution in [0.15, 0.2) is 42.5 Å². The van der Waals surface area contributed by atoms with Gasteiger partial charge in [-0.1, -0.05) is 51.1 Å². The van der Waals surface area contributed by atoms with E-state index < -0.39 is 5.97 Å². The maximum Gasteiger partial charge on any atom is 0.310 e. The topological polar surface area (TPSA) is 73.9 Å². The van der Waals surface area contributed by atoms with Gasteiger partial charge in [-0.25, -0.2) is 0 Å². The van der Waals surface area contributed by atoms with Gasteiger partial charge in [0.25, 0.3) is 5.91 Å². The molecule has 0 aromatic heterocycles. The second kappa shape index (κ2) is 11.2. The molecule has 0 saturated heterocycles. The van der Waals surface area contributed by atoms with Gasteiger partial charge >= 0.3 is 5.97 Å². The van der Waals surface area contributed by atoms with Gasteiger partial charge in [0, 0.05) is 0 Å². The average molecular weight is 414 g/mol. The summed E-state index contributed by atoms with van der Waals surface area (Å²) < 4.78 is 15.6. The molecule has 0 aliphatic carbocycles. The van der Waals surface area contributed by atoms with Crippen LogP contribution in [0.25, 0.3) is 0 Å². The number of esters is 1. The van der Waals surface area contributed by atoms with Gasteiger partial charge in [0.2, 0.25) is 0 Å². The van der Waals surface area contributed by atoms with E-state index in [4.69, 9.17) is 14.2 Å². The molecule has 1 amide bonds. The maximum absolute atomic E-state index is 12.4. The molecule has 162 valence electrons. The van der Waals surface area contributed by atoms with Crippen molar-refractivity contribution in [3.05, 3.63) is 59.2 Å². The summed E-state index contributed by atoms with van der Waals surface area (Å²) in [6, 6.07) is 13.3. The zero-order chi connectivity index (χ0) is 22.1. The molecule has 2 aromatic rings. The van der Waals surface area contributed by atoms with Gasteiger partial charge in [-0.3, -0.25) is 9.59 Å². The monoisotopic (exact) mass is 413 g/mol. The van der Waals surface area contributed by atoms with Crippen LogP contribution in [0, 0.1) is 5.92 Å². The summed E-state index contributed by atoms with van der Waals surface area (Å²) in [6.45, 7) is 5.87. The van der Waals surface area contributed by atoms with E-state index in [1.165, 1.54) is 12.7 Å². The highest BCUT2D eigenvalue weighted by Crippen LogP contribution is 2.27. The number of hydrogen-bond donors (Lipinski definition) is 1. The molecule has 0 unspecified atom stereocenters. The van der Waals surface area contributed by atoms with Crippen LogP contribution in [-0.4, -0.2) is 32.7 Å². The van der Waals surface area contributed by atoms with E-state index in [-0.39, 0.29) is 30.9 Å². The largest absolute Gasteiger partial charge is 0.493 e. The molecule has 1 atom stereocenters. The number of rotatable bonds is 10. The summed E-state index contributed by atoms with van der Waals surface area (Å²) >= 11 is 0. The van der Waals surface area contributed by atoms with Gasteiger partial charge in [-0.2, -0.15) is 0 Å². The van der Waals surface area contributed by atoms with Crippen molar-refractivity contribution >= 4 is 11.9 Å². The highest BCUT2D eigenvalue weighted by molar-refractivity contribution is 5.81. The van der Waals surface area contributed by atoms with Crippen molar-refractivity contribution in [2.24, 2.45) is 5.92 Å². The number of methoxy groups -OCH3 is 2. The summed E-state index contributed by atoms with van der Waals surface area (Å²) in [4.78, 5) is 24.5. The van der Waals surface area contributed by atoms with Gasteiger partial charge < -0.3 is 19.5 Å². The molecule has 0 aliphatic rings. The van der Waals surface area contributed by atoms with E-state index >= 15 is 0 Å². The lowest BCUT2D eigenvalue weighted by molar-refractivity contribution is -0.148. The molecule has 0 aliphatic heterocycles. The number of carbonyl (C=O) groups is 2. The van der Waals surface area contributed by atoms with Crippen molar-refractivity contribution in [2.75, 3.05) is 20.8 Å². The third kappa shape index (κ3) is 6.51. The lowest BCUT2D eigenvalue weighted by Crippen LogP contribution is -2.35. The predicted octanol–water partition coefficient (Wildman–Crippen LogP) is 3.87. The van der Waals surface area contributed by atoms with Crippen molar-refractivity contribution in [1.29, 1.82) is 0 Å². The predicted molar refractivity (Wildman–Crippen MR) is 116 cm³/mol. The lowest BCUT2D eigenvalue weighted by atomic mass is 9.95. The highest BCUT2D eigenvalue weighted by Gasteiger charge is 2.19. The number of amides is 1. The molecule has 2 rings (SSSR count). The Labute approximate surface area is 178 Å². The van der Waals surface area contributed by atoms with Gasteiger partial charge in [-0.05, 0) is 41.2 Å². The van der Waals surface area contributed by atoms with E-state index in [9.17, 15) is 9.59 Å². The molecule has 0 bridgehead atoms. The van der Waals surface area contributed by atoms with Crippen molar-refractivity contribution < 1.29 is 23.8 Å². The number of ether oxygens (including phenoxy) is 3. The van der Waals surface area contributed by atoms with Crippen molar-refractivity contribution in [3.63, 3.8) is 0 Å². The number of nitrogens with one attached hydrogen (secondary N) is 1. The van der Waals surface area contributed by atoms with E-state index in [1.807, 2.05) is 26.0 Å². The summed E-state index contributed by atoms with van der Waals surface area (Å²) in [5.74, 6) is 0.513. The number of aryl methyl sites for hydroxylation is 1. The van der Waals surface area contributed by atoms with E-state index in [2.05, 4.69) is 24.4 Å². The number of hydrogen-bond acceptors (Lipinski definition) is 5. The zero-order valence-electron chi connectivity index (χ0n) is 18.4. The Balaban J connectivity index is 1.91. The van der Waals surface area contributed by atoms with Crippen LogP contribution in [0.3, 0.4) is 0 Å². The summed E-state index contributed by atoms with van der Waals surface area (Å²) in [5.41, 5.74) is 3.00. The van der Waals surface area contributed by atoms with Crippen LogP contribution in [0.4, 0.5) is 0 Å². The fourth-order valence-electron chi connectivity index (χ4n) is 3.17. The van der Waals surface area contributed by atoms with Crippen LogP contribution in [0.5, 0.6) is 11.5 Å². The number of carbonyl (C=O) groups excluding carboxylic acids is 2. The average Bonchev–Trinajstić information content (AvgIpc) is 2.75. The first-order valence-electron chi connectivity index (χ1n) is 10.1. The second-order valence-corrected chi connectivity index (χ2v) is 7.41. The molecule has 6 heteroatoms. The Morgan fingerprint density at radius 2 is 1.57 bits per heavy atom. The van der Waals surface area contributed by atoms with Crippen LogP contribution in [-0.2, 0) is 27.2 Å². The normalized spacial score (nSPS) is 11.7. The third-order valence-electron chi connectivity index (χ3n) is 4.89. The first kappa shape index (κ1) is 23.3. The molecule has 0 heterocycles. The van der Waals surface area contributed by atoms with Crippen LogP contribution in [0.2, 0.25) is 0 Å². The quantitative estimate of drug-likeness (QED) is 0.599.